The van der Waals surface area contributed by atoms with Crippen molar-refractivity contribution in [1.29, 1.82) is 0 Å². The summed E-state index contributed by atoms with van der Waals surface area (Å²) in [4.78, 5) is 4.07. The van der Waals surface area contributed by atoms with E-state index in [2.05, 4.69) is 4.98 Å². The van der Waals surface area contributed by atoms with E-state index in [0.717, 1.165) is 5.56 Å². The molecule has 0 spiro atoms. The first-order valence-corrected chi connectivity index (χ1v) is 3.94. The third-order valence-electron chi connectivity index (χ3n) is 1.91. The van der Waals surface area contributed by atoms with Gasteiger partial charge in [0.15, 0.2) is 0 Å². The minimum Gasteiger partial charge on any atom is -0.392 e. The maximum atomic E-state index is 8.58. The van der Waals surface area contributed by atoms with Gasteiger partial charge in [-0.15, -0.1) is 0 Å². The van der Waals surface area contributed by atoms with E-state index < -0.39 is 0 Å². The molecule has 1 N–H and O–H groups in total. The summed E-state index contributed by atoms with van der Waals surface area (Å²) in [5.41, 5.74) is 3.47. The summed E-state index contributed by atoms with van der Waals surface area (Å²) in [6.07, 6.45) is 7.24. The van der Waals surface area contributed by atoms with Crippen molar-refractivity contribution in [2.75, 3.05) is 6.61 Å². The number of aryl methyl sites for hydroxylation is 1. The zero-order valence-corrected chi connectivity index (χ0v) is 7.41. The van der Waals surface area contributed by atoms with Gasteiger partial charge in [-0.25, -0.2) is 0 Å². The van der Waals surface area contributed by atoms with Gasteiger partial charge >= 0.3 is 0 Å². The summed E-state index contributed by atoms with van der Waals surface area (Å²) in [5.74, 6) is 0. The Morgan fingerprint density at radius 3 is 2.83 bits per heavy atom. The molecule has 0 aliphatic carbocycles. The van der Waals surface area contributed by atoms with Crippen molar-refractivity contribution in [3.05, 3.63) is 35.2 Å². The van der Waals surface area contributed by atoms with Gasteiger partial charge in [0.1, 0.15) is 0 Å². The van der Waals surface area contributed by atoms with E-state index in [1.165, 1.54) is 11.1 Å². The van der Waals surface area contributed by atoms with Crippen LogP contribution < -0.4 is 0 Å². The lowest BCUT2D eigenvalue weighted by molar-refractivity contribution is 0.343. The van der Waals surface area contributed by atoms with E-state index >= 15 is 0 Å². The highest BCUT2D eigenvalue weighted by molar-refractivity contribution is 5.53. The van der Waals surface area contributed by atoms with Crippen molar-refractivity contribution in [2.45, 2.75) is 13.8 Å². The minimum absolute atomic E-state index is 0.0768. The average Bonchev–Trinajstić information content (AvgIpc) is 2.08. The minimum atomic E-state index is 0.0768. The van der Waals surface area contributed by atoms with Crippen molar-refractivity contribution in [1.82, 2.24) is 4.98 Å². The Morgan fingerprint density at radius 2 is 2.17 bits per heavy atom. The van der Waals surface area contributed by atoms with Gasteiger partial charge in [0.05, 0.1) is 6.61 Å². The molecule has 0 bridgehead atoms. The molecule has 2 heteroatoms. The molecule has 1 aromatic heterocycles. The van der Waals surface area contributed by atoms with Crippen LogP contribution in [0.1, 0.15) is 16.7 Å². The van der Waals surface area contributed by atoms with Gasteiger partial charge in [-0.3, -0.25) is 4.98 Å². The largest absolute Gasteiger partial charge is 0.392 e. The standard InChI is InChI=1S/C10H13NO/c1-8-6-11-7-10(9(8)2)4-3-5-12/h3-4,6-7,12H,5H2,1-2H3. The Balaban J connectivity index is 3.00. The molecule has 2 nitrogen and oxygen atoms in total. The van der Waals surface area contributed by atoms with E-state index in [9.17, 15) is 0 Å². The predicted octanol–water partition coefficient (Wildman–Crippen LogP) is 1.70. The lowest BCUT2D eigenvalue weighted by Crippen LogP contribution is -1.87. The summed E-state index contributed by atoms with van der Waals surface area (Å²) < 4.78 is 0. The molecule has 64 valence electrons. The first kappa shape index (κ1) is 8.94. The normalized spacial score (nSPS) is 10.9. The van der Waals surface area contributed by atoms with Crippen LogP contribution in [-0.2, 0) is 0 Å². The van der Waals surface area contributed by atoms with Crippen molar-refractivity contribution < 1.29 is 5.11 Å². The van der Waals surface area contributed by atoms with Gasteiger partial charge in [-0.1, -0.05) is 12.2 Å². The summed E-state index contributed by atoms with van der Waals surface area (Å²) in [6.45, 7) is 4.15. The number of aliphatic hydroxyl groups excluding tert-OH is 1. The van der Waals surface area contributed by atoms with Crippen LogP contribution in [0.2, 0.25) is 0 Å². The Bertz CT molecular complexity index is 292. The molecule has 1 aromatic rings. The molecule has 0 aliphatic rings. The van der Waals surface area contributed by atoms with Gasteiger partial charge in [0, 0.05) is 12.4 Å². The van der Waals surface area contributed by atoms with Crippen LogP contribution in [0.25, 0.3) is 6.08 Å². The number of hydrogen-bond donors (Lipinski definition) is 1. The highest BCUT2D eigenvalue weighted by atomic mass is 16.2. The van der Waals surface area contributed by atoms with Gasteiger partial charge in [-0.2, -0.15) is 0 Å². The zero-order valence-electron chi connectivity index (χ0n) is 7.41. The quantitative estimate of drug-likeness (QED) is 0.720. The Hall–Kier alpha value is -1.15. The smallest absolute Gasteiger partial charge is 0.0615 e. The molecule has 0 atom stereocenters. The Kier molecular flexibility index (Phi) is 3.00. The van der Waals surface area contributed by atoms with Crippen LogP contribution in [0.5, 0.6) is 0 Å². The number of hydrogen-bond acceptors (Lipinski definition) is 2. The van der Waals surface area contributed by atoms with Crippen LogP contribution in [-0.4, -0.2) is 16.7 Å². The van der Waals surface area contributed by atoms with E-state index in [1.54, 1.807) is 12.3 Å². The molecule has 0 aromatic carbocycles. The number of pyridine rings is 1. The van der Waals surface area contributed by atoms with Crippen molar-refractivity contribution in [3.63, 3.8) is 0 Å². The van der Waals surface area contributed by atoms with Crippen LogP contribution in [0.4, 0.5) is 0 Å². The molecular weight excluding hydrogens is 150 g/mol. The number of nitrogens with zero attached hydrogens (tertiary/aromatic N) is 1. The van der Waals surface area contributed by atoms with Crippen molar-refractivity contribution >= 4 is 6.08 Å². The van der Waals surface area contributed by atoms with Gasteiger partial charge in [0.25, 0.3) is 0 Å². The lowest BCUT2D eigenvalue weighted by atomic mass is 10.1. The molecule has 0 saturated carbocycles. The molecular formula is C10H13NO. The van der Waals surface area contributed by atoms with E-state index in [0.29, 0.717) is 0 Å². The molecule has 0 saturated heterocycles. The van der Waals surface area contributed by atoms with Crippen molar-refractivity contribution in [3.8, 4) is 0 Å². The fourth-order valence-corrected chi connectivity index (χ4v) is 0.998. The van der Waals surface area contributed by atoms with Crippen LogP contribution in [0.3, 0.4) is 0 Å². The summed E-state index contributed by atoms with van der Waals surface area (Å²) in [5, 5.41) is 8.58. The predicted molar refractivity (Wildman–Crippen MR) is 49.8 cm³/mol. The number of aliphatic hydroxyl groups is 1. The van der Waals surface area contributed by atoms with Gasteiger partial charge in [-0.05, 0) is 30.5 Å². The molecule has 0 amide bonds. The first-order chi connectivity index (χ1) is 5.75. The summed E-state index contributed by atoms with van der Waals surface area (Å²) in [7, 11) is 0. The third-order valence-corrected chi connectivity index (χ3v) is 1.91. The zero-order chi connectivity index (χ0) is 8.97. The molecule has 12 heavy (non-hydrogen) atoms. The third kappa shape index (κ3) is 1.92. The molecule has 0 fully saturated rings. The Labute approximate surface area is 72.6 Å². The fraction of sp³-hybridized carbons (Fsp3) is 0.300. The number of rotatable bonds is 2. The number of aromatic nitrogens is 1. The molecule has 0 unspecified atom stereocenters. The van der Waals surface area contributed by atoms with Gasteiger partial charge < -0.3 is 5.11 Å². The second-order valence-electron chi connectivity index (χ2n) is 2.76. The summed E-state index contributed by atoms with van der Waals surface area (Å²) in [6, 6.07) is 0. The fourth-order valence-electron chi connectivity index (χ4n) is 0.998. The molecule has 1 heterocycles. The molecule has 1 rings (SSSR count). The second-order valence-corrected chi connectivity index (χ2v) is 2.76. The van der Waals surface area contributed by atoms with E-state index in [-0.39, 0.29) is 6.61 Å². The van der Waals surface area contributed by atoms with E-state index in [1.807, 2.05) is 26.1 Å². The maximum Gasteiger partial charge on any atom is 0.0615 e. The van der Waals surface area contributed by atoms with Crippen LogP contribution in [0, 0.1) is 13.8 Å². The second kappa shape index (κ2) is 4.02. The Morgan fingerprint density at radius 1 is 1.42 bits per heavy atom. The SMILES string of the molecule is Cc1cncc(C=CCO)c1C. The monoisotopic (exact) mass is 163 g/mol. The van der Waals surface area contributed by atoms with Gasteiger partial charge in [0.2, 0.25) is 0 Å². The average molecular weight is 163 g/mol. The lowest BCUT2D eigenvalue weighted by Gasteiger charge is -2.01. The molecule has 0 aliphatic heterocycles. The highest BCUT2D eigenvalue weighted by Crippen LogP contribution is 2.11. The van der Waals surface area contributed by atoms with Crippen LogP contribution in [0.15, 0.2) is 18.5 Å². The van der Waals surface area contributed by atoms with Crippen molar-refractivity contribution in [2.24, 2.45) is 0 Å². The molecule has 0 radical (unpaired) electrons. The maximum absolute atomic E-state index is 8.58. The first-order valence-electron chi connectivity index (χ1n) is 3.94. The van der Waals surface area contributed by atoms with E-state index in [4.69, 9.17) is 5.11 Å². The highest BCUT2D eigenvalue weighted by Gasteiger charge is 1.96. The van der Waals surface area contributed by atoms with Crippen LogP contribution >= 0.6 is 0 Å². The summed E-state index contributed by atoms with van der Waals surface area (Å²) >= 11 is 0. The topological polar surface area (TPSA) is 33.1 Å².